The summed E-state index contributed by atoms with van der Waals surface area (Å²) in [6.07, 6.45) is 4.06. The van der Waals surface area contributed by atoms with Crippen LogP contribution in [-0.2, 0) is 24.4 Å². The Bertz CT molecular complexity index is 1360. The molecule has 3 aromatic carbocycles. The third-order valence-corrected chi connectivity index (χ3v) is 7.19. The molecule has 0 aliphatic carbocycles. The van der Waals surface area contributed by atoms with E-state index in [0.29, 0.717) is 41.1 Å². The van der Waals surface area contributed by atoms with Crippen LogP contribution in [0.15, 0.2) is 82.7 Å². The molecule has 2 amide bonds. The van der Waals surface area contributed by atoms with Gasteiger partial charge in [0, 0.05) is 15.1 Å². The first-order valence-corrected chi connectivity index (χ1v) is 13.6. The molecule has 4 rings (SSSR count). The van der Waals surface area contributed by atoms with E-state index in [9.17, 15) is 9.59 Å². The first-order chi connectivity index (χ1) is 17.9. The van der Waals surface area contributed by atoms with E-state index in [2.05, 4.69) is 22.5 Å². The summed E-state index contributed by atoms with van der Waals surface area (Å²) in [7, 11) is 0. The highest BCUT2D eigenvalue weighted by molar-refractivity contribution is 9.10. The van der Waals surface area contributed by atoms with Crippen LogP contribution in [0.25, 0.3) is 6.08 Å². The lowest BCUT2D eigenvalue weighted by Crippen LogP contribution is -2.27. The highest BCUT2D eigenvalue weighted by Gasteiger charge is 2.35. The van der Waals surface area contributed by atoms with Gasteiger partial charge >= 0.3 is 0 Å². The molecule has 8 heteroatoms. The molecular formula is C29H25BrClNO4S. The van der Waals surface area contributed by atoms with Gasteiger partial charge in [0.15, 0.2) is 11.5 Å². The fraction of sp³-hybridized carbons (Fsp3) is 0.172. The summed E-state index contributed by atoms with van der Waals surface area (Å²) < 4.78 is 13.1. The van der Waals surface area contributed by atoms with Crippen LogP contribution in [-0.4, -0.2) is 22.7 Å². The molecule has 1 fully saturated rings. The first kappa shape index (κ1) is 27.0. The molecule has 0 bridgehead atoms. The fourth-order valence-electron chi connectivity index (χ4n) is 3.84. The van der Waals surface area contributed by atoms with Crippen molar-refractivity contribution in [3.05, 3.63) is 110 Å². The highest BCUT2D eigenvalue weighted by atomic mass is 79.9. The Balaban J connectivity index is 1.61. The van der Waals surface area contributed by atoms with Gasteiger partial charge in [-0.3, -0.25) is 14.5 Å². The second-order valence-corrected chi connectivity index (χ2v) is 10.6. The number of rotatable bonds is 10. The number of benzene rings is 3. The molecule has 190 valence electrons. The molecule has 0 unspecified atom stereocenters. The predicted molar refractivity (Wildman–Crippen MR) is 153 cm³/mol. The SMILES string of the molecule is C=CCc1cc(/C=C2\SC(=O)N(Cc3cccc(Cl)c3)C2=O)cc(OCC)c1OCc1ccc(Br)cc1. The van der Waals surface area contributed by atoms with E-state index in [-0.39, 0.29) is 17.7 Å². The van der Waals surface area contributed by atoms with Gasteiger partial charge in [-0.2, -0.15) is 0 Å². The molecule has 0 saturated carbocycles. The average molecular weight is 599 g/mol. The topological polar surface area (TPSA) is 55.8 Å². The van der Waals surface area contributed by atoms with Gasteiger partial charge in [0.1, 0.15) is 6.61 Å². The molecule has 5 nitrogen and oxygen atoms in total. The number of carbonyl (C=O) groups excluding carboxylic acids is 2. The molecule has 1 aliphatic rings. The van der Waals surface area contributed by atoms with Gasteiger partial charge in [0.25, 0.3) is 11.1 Å². The smallest absolute Gasteiger partial charge is 0.293 e. The molecule has 0 aromatic heterocycles. The van der Waals surface area contributed by atoms with Crippen molar-refractivity contribution >= 4 is 56.5 Å². The number of amides is 2. The summed E-state index contributed by atoms with van der Waals surface area (Å²) in [5, 5.41) is 0.239. The Hall–Kier alpha value is -3.00. The normalized spacial score (nSPS) is 14.4. The van der Waals surface area contributed by atoms with Gasteiger partial charge in [0.2, 0.25) is 0 Å². The van der Waals surface area contributed by atoms with Crippen molar-refractivity contribution in [3.8, 4) is 11.5 Å². The largest absolute Gasteiger partial charge is 0.490 e. The Labute approximate surface area is 234 Å². The molecule has 37 heavy (non-hydrogen) atoms. The number of hydrogen-bond donors (Lipinski definition) is 0. The molecule has 0 spiro atoms. The maximum Gasteiger partial charge on any atom is 0.293 e. The van der Waals surface area contributed by atoms with Crippen LogP contribution in [0.1, 0.15) is 29.2 Å². The summed E-state index contributed by atoms with van der Waals surface area (Å²) in [5.74, 6) is 0.869. The van der Waals surface area contributed by atoms with Crippen LogP contribution in [0.4, 0.5) is 4.79 Å². The average Bonchev–Trinajstić information content (AvgIpc) is 3.12. The van der Waals surface area contributed by atoms with Crippen LogP contribution >= 0.6 is 39.3 Å². The van der Waals surface area contributed by atoms with Crippen molar-refractivity contribution in [3.63, 3.8) is 0 Å². The number of carbonyl (C=O) groups is 2. The molecule has 0 N–H and O–H groups in total. The Morgan fingerprint density at radius 3 is 2.54 bits per heavy atom. The molecular weight excluding hydrogens is 574 g/mol. The second kappa shape index (κ2) is 12.5. The van der Waals surface area contributed by atoms with Gasteiger partial charge in [-0.05, 0) is 84.3 Å². The minimum absolute atomic E-state index is 0.164. The summed E-state index contributed by atoms with van der Waals surface area (Å²) >= 11 is 10.4. The van der Waals surface area contributed by atoms with E-state index in [1.165, 1.54) is 4.90 Å². The quantitative estimate of drug-likeness (QED) is 0.175. The molecule has 1 saturated heterocycles. The Morgan fingerprint density at radius 1 is 1.05 bits per heavy atom. The number of ether oxygens (including phenoxy) is 2. The number of nitrogens with zero attached hydrogens (tertiary/aromatic N) is 1. The summed E-state index contributed by atoms with van der Waals surface area (Å²) in [6, 6.07) is 18.8. The van der Waals surface area contributed by atoms with Crippen LogP contribution in [0.3, 0.4) is 0 Å². The van der Waals surface area contributed by atoms with E-state index < -0.39 is 0 Å². The van der Waals surface area contributed by atoms with E-state index in [1.54, 1.807) is 30.4 Å². The van der Waals surface area contributed by atoms with Crippen molar-refractivity contribution in [2.24, 2.45) is 0 Å². The maximum atomic E-state index is 13.1. The zero-order valence-electron chi connectivity index (χ0n) is 20.2. The van der Waals surface area contributed by atoms with Crippen molar-refractivity contribution in [2.45, 2.75) is 26.5 Å². The number of imide groups is 1. The predicted octanol–water partition coefficient (Wildman–Crippen LogP) is 8.05. The second-order valence-electron chi connectivity index (χ2n) is 8.25. The maximum absolute atomic E-state index is 13.1. The minimum atomic E-state index is -0.339. The molecule has 1 aliphatic heterocycles. The van der Waals surface area contributed by atoms with Crippen LogP contribution < -0.4 is 9.47 Å². The molecule has 0 atom stereocenters. The van der Waals surface area contributed by atoms with Gasteiger partial charge in [0.05, 0.1) is 18.1 Å². The van der Waals surface area contributed by atoms with Gasteiger partial charge in [-0.25, -0.2) is 0 Å². The molecule has 0 radical (unpaired) electrons. The van der Waals surface area contributed by atoms with Crippen LogP contribution in [0, 0.1) is 0 Å². The van der Waals surface area contributed by atoms with Crippen LogP contribution in [0.5, 0.6) is 11.5 Å². The van der Waals surface area contributed by atoms with Crippen LogP contribution in [0.2, 0.25) is 5.02 Å². The third-order valence-electron chi connectivity index (χ3n) is 5.52. The lowest BCUT2D eigenvalue weighted by atomic mass is 10.0. The lowest BCUT2D eigenvalue weighted by molar-refractivity contribution is -0.123. The van der Waals surface area contributed by atoms with Crippen molar-refractivity contribution in [1.29, 1.82) is 0 Å². The fourth-order valence-corrected chi connectivity index (χ4v) is 5.16. The number of hydrogen-bond acceptors (Lipinski definition) is 5. The van der Waals surface area contributed by atoms with Gasteiger partial charge in [-0.1, -0.05) is 57.9 Å². The van der Waals surface area contributed by atoms with E-state index >= 15 is 0 Å². The third kappa shape index (κ3) is 6.86. The monoisotopic (exact) mass is 597 g/mol. The summed E-state index contributed by atoms with van der Waals surface area (Å²) in [5.41, 5.74) is 3.43. The molecule has 1 heterocycles. The van der Waals surface area contributed by atoms with Gasteiger partial charge < -0.3 is 9.47 Å². The van der Waals surface area contributed by atoms with E-state index in [4.69, 9.17) is 21.1 Å². The zero-order chi connectivity index (χ0) is 26.4. The number of halogens is 2. The number of thioether (sulfide) groups is 1. The Morgan fingerprint density at radius 2 is 1.84 bits per heavy atom. The first-order valence-electron chi connectivity index (χ1n) is 11.7. The lowest BCUT2D eigenvalue weighted by Gasteiger charge is -2.17. The van der Waals surface area contributed by atoms with E-state index in [0.717, 1.165) is 38.5 Å². The Kier molecular flexibility index (Phi) is 9.14. The zero-order valence-corrected chi connectivity index (χ0v) is 23.4. The summed E-state index contributed by atoms with van der Waals surface area (Å²) in [6.45, 7) is 6.76. The van der Waals surface area contributed by atoms with Crippen molar-refractivity contribution < 1.29 is 19.1 Å². The van der Waals surface area contributed by atoms with Crippen molar-refractivity contribution in [1.82, 2.24) is 4.90 Å². The molecule has 3 aromatic rings. The van der Waals surface area contributed by atoms with E-state index in [1.807, 2.05) is 49.4 Å². The van der Waals surface area contributed by atoms with Gasteiger partial charge in [-0.15, -0.1) is 6.58 Å². The van der Waals surface area contributed by atoms with Crippen molar-refractivity contribution in [2.75, 3.05) is 6.61 Å². The standard InChI is InChI=1S/C29H25BrClNO4S/c1-3-6-22-13-21(15-25(35-4-2)27(22)36-18-19-9-11-23(30)12-10-19)16-26-28(33)32(29(34)37-26)17-20-7-5-8-24(31)14-20/h3,5,7-16H,1,4,6,17-18H2,2H3/b26-16-. The minimum Gasteiger partial charge on any atom is -0.490 e. The number of allylic oxidation sites excluding steroid dienone is 1. The summed E-state index contributed by atoms with van der Waals surface area (Å²) in [4.78, 5) is 27.3. The highest BCUT2D eigenvalue weighted by Crippen LogP contribution is 2.38.